The van der Waals surface area contributed by atoms with Crippen LogP contribution in [0.15, 0.2) is 17.1 Å². The largest absolute Gasteiger partial charge is 0.508 e. The van der Waals surface area contributed by atoms with Gasteiger partial charge < -0.3 is 15.7 Å². The minimum absolute atomic E-state index is 0.360. The third-order valence-electron chi connectivity index (χ3n) is 4.78. The molecule has 1 aliphatic rings. The number of nitrogens with one attached hydrogen (secondary N) is 2. The van der Waals surface area contributed by atoms with Gasteiger partial charge in [0.15, 0.2) is 5.96 Å². The van der Waals surface area contributed by atoms with Gasteiger partial charge in [0.1, 0.15) is 5.75 Å². The van der Waals surface area contributed by atoms with Crippen molar-refractivity contribution in [3.8, 4) is 5.75 Å². The highest BCUT2D eigenvalue weighted by atomic mass is 32.1. The van der Waals surface area contributed by atoms with E-state index < -0.39 is 0 Å². The number of fused-ring (bicyclic) bond motifs is 1. The van der Waals surface area contributed by atoms with E-state index >= 15 is 0 Å². The van der Waals surface area contributed by atoms with Crippen molar-refractivity contribution in [2.24, 2.45) is 4.99 Å². The maximum atomic E-state index is 10.3. The summed E-state index contributed by atoms with van der Waals surface area (Å²) in [6.45, 7) is 8.13. The van der Waals surface area contributed by atoms with Crippen molar-refractivity contribution >= 4 is 17.3 Å². The summed E-state index contributed by atoms with van der Waals surface area (Å²) < 4.78 is 0. The summed E-state index contributed by atoms with van der Waals surface area (Å²) in [5, 5.41) is 18.1. The van der Waals surface area contributed by atoms with Crippen LogP contribution in [-0.2, 0) is 25.9 Å². The maximum absolute atomic E-state index is 10.3. The fourth-order valence-electron chi connectivity index (χ4n) is 3.47. The van der Waals surface area contributed by atoms with Crippen LogP contribution in [0.3, 0.4) is 0 Å². The minimum Gasteiger partial charge on any atom is -0.508 e. The topological polar surface area (TPSA) is 69.5 Å². The fourth-order valence-corrected chi connectivity index (χ4v) is 4.35. The van der Waals surface area contributed by atoms with E-state index in [1.807, 2.05) is 19.9 Å². The number of hydrogen-bond donors (Lipinski definition) is 3. The van der Waals surface area contributed by atoms with Crippen molar-refractivity contribution in [1.82, 2.24) is 15.6 Å². The predicted octanol–water partition coefficient (Wildman–Crippen LogP) is 3.60. The maximum Gasteiger partial charge on any atom is 0.191 e. The summed E-state index contributed by atoms with van der Waals surface area (Å²) in [5.41, 5.74) is 4.72. The van der Waals surface area contributed by atoms with Crippen molar-refractivity contribution in [3.63, 3.8) is 0 Å². The van der Waals surface area contributed by atoms with Gasteiger partial charge in [0.05, 0.1) is 23.8 Å². The van der Waals surface area contributed by atoms with Crippen molar-refractivity contribution in [3.05, 3.63) is 44.4 Å². The van der Waals surface area contributed by atoms with Crippen molar-refractivity contribution in [2.75, 3.05) is 6.54 Å². The van der Waals surface area contributed by atoms with Crippen LogP contribution in [0.2, 0.25) is 0 Å². The quantitative estimate of drug-likeness (QED) is 0.554. The zero-order valence-electron chi connectivity index (χ0n) is 15.9. The van der Waals surface area contributed by atoms with E-state index in [2.05, 4.69) is 28.6 Å². The van der Waals surface area contributed by atoms with Gasteiger partial charge in [0.25, 0.3) is 0 Å². The molecule has 3 rings (SSSR count). The second-order valence-electron chi connectivity index (χ2n) is 6.70. The lowest BCUT2D eigenvalue weighted by atomic mass is 9.88. The molecule has 1 aromatic heterocycles. The number of aromatic nitrogens is 1. The Bertz CT molecular complexity index is 797. The molecule has 2 aromatic rings. The second kappa shape index (κ2) is 8.54. The minimum atomic E-state index is 0.360. The van der Waals surface area contributed by atoms with Crippen LogP contribution in [0.5, 0.6) is 5.75 Å². The van der Waals surface area contributed by atoms with E-state index in [1.54, 1.807) is 11.3 Å². The van der Waals surface area contributed by atoms with Crippen LogP contribution in [0, 0.1) is 13.8 Å². The molecule has 0 saturated heterocycles. The number of nitrogens with zero attached hydrogens (tertiary/aromatic N) is 2. The molecule has 5 nitrogen and oxygen atoms in total. The number of guanidine groups is 1. The SMILES string of the molecule is CCNC(=NCc1c(O)ccc2c1CCCC2)NCc1sc(C)nc1C. The van der Waals surface area contributed by atoms with Crippen LogP contribution in [0.4, 0.5) is 0 Å². The molecule has 0 unspecified atom stereocenters. The Labute approximate surface area is 159 Å². The molecule has 3 N–H and O–H groups in total. The van der Waals surface area contributed by atoms with E-state index in [0.29, 0.717) is 18.8 Å². The second-order valence-corrected chi connectivity index (χ2v) is 7.99. The Morgan fingerprint density at radius 1 is 1.23 bits per heavy atom. The molecule has 0 spiro atoms. The molecule has 0 aliphatic heterocycles. The monoisotopic (exact) mass is 372 g/mol. The number of phenols is 1. The average molecular weight is 373 g/mol. The van der Waals surface area contributed by atoms with Gasteiger partial charge in [0, 0.05) is 17.0 Å². The number of rotatable bonds is 5. The lowest BCUT2D eigenvalue weighted by molar-refractivity contribution is 0.465. The Hall–Kier alpha value is -2.08. The van der Waals surface area contributed by atoms with Crippen LogP contribution < -0.4 is 10.6 Å². The molecule has 6 heteroatoms. The summed E-state index contributed by atoms with van der Waals surface area (Å²) in [7, 11) is 0. The molecule has 1 heterocycles. The smallest absolute Gasteiger partial charge is 0.191 e. The number of thiazole rings is 1. The van der Waals surface area contributed by atoms with E-state index in [9.17, 15) is 5.11 Å². The molecule has 0 radical (unpaired) electrons. The van der Waals surface area contributed by atoms with Crippen molar-refractivity contribution in [1.29, 1.82) is 0 Å². The third kappa shape index (κ3) is 4.36. The summed E-state index contributed by atoms with van der Waals surface area (Å²) in [4.78, 5) is 10.4. The first-order valence-electron chi connectivity index (χ1n) is 9.36. The lowest BCUT2D eigenvalue weighted by Crippen LogP contribution is -2.36. The molecular formula is C20H28N4OS. The Balaban J connectivity index is 1.74. The molecule has 140 valence electrons. The Morgan fingerprint density at radius 3 is 2.77 bits per heavy atom. The van der Waals surface area contributed by atoms with Gasteiger partial charge in [-0.05, 0) is 63.6 Å². The van der Waals surface area contributed by atoms with Crippen LogP contribution >= 0.6 is 11.3 Å². The Kier molecular flexibility index (Phi) is 6.14. The van der Waals surface area contributed by atoms with E-state index in [0.717, 1.165) is 41.6 Å². The number of hydrogen-bond acceptors (Lipinski definition) is 4. The molecule has 0 saturated carbocycles. The van der Waals surface area contributed by atoms with Gasteiger partial charge in [-0.1, -0.05) is 6.07 Å². The molecule has 26 heavy (non-hydrogen) atoms. The molecule has 0 bridgehead atoms. The molecule has 0 atom stereocenters. The lowest BCUT2D eigenvalue weighted by Gasteiger charge is -2.20. The van der Waals surface area contributed by atoms with Crippen LogP contribution in [0.1, 0.15) is 52.0 Å². The van der Waals surface area contributed by atoms with Gasteiger partial charge in [-0.2, -0.15) is 0 Å². The van der Waals surface area contributed by atoms with Crippen molar-refractivity contribution < 1.29 is 5.11 Å². The number of aryl methyl sites for hydroxylation is 3. The molecule has 1 aliphatic carbocycles. The van der Waals surface area contributed by atoms with Gasteiger partial charge in [0.2, 0.25) is 0 Å². The zero-order chi connectivity index (χ0) is 18.5. The van der Waals surface area contributed by atoms with Gasteiger partial charge in [-0.15, -0.1) is 11.3 Å². The first kappa shape index (κ1) is 18.7. The summed E-state index contributed by atoms with van der Waals surface area (Å²) in [6, 6.07) is 3.88. The third-order valence-corrected chi connectivity index (χ3v) is 5.85. The highest BCUT2D eigenvalue weighted by Gasteiger charge is 2.16. The summed E-state index contributed by atoms with van der Waals surface area (Å²) in [6.07, 6.45) is 4.57. The first-order valence-corrected chi connectivity index (χ1v) is 10.2. The number of aliphatic imine (C=N–C) groups is 1. The highest BCUT2D eigenvalue weighted by molar-refractivity contribution is 7.11. The Morgan fingerprint density at radius 2 is 2.04 bits per heavy atom. The number of benzene rings is 1. The first-order chi connectivity index (χ1) is 12.6. The highest BCUT2D eigenvalue weighted by Crippen LogP contribution is 2.31. The molecule has 0 fully saturated rings. The summed E-state index contributed by atoms with van der Waals surface area (Å²) in [5.74, 6) is 1.13. The van der Waals surface area contributed by atoms with E-state index in [1.165, 1.54) is 28.8 Å². The molecule has 0 amide bonds. The van der Waals surface area contributed by atoms with Gasteiger partial charge >= 0.3 is 0 Å². The number of aromatic hydroxyl groups is 1. The molecule has 1 aromatic carbocycles. The fraction of sp³-hybridized carbons (Fsp3) is 0.500. The standard InChI is InChI=1S/C20H28N4OS/c1-4-21-20(23-12-19-13(2)24-14(3)26-19)22-11-17-16-8-6-5-7-15(16)9-10-18(17)25/h9-10,25H,4-8,11-12H2,1-3H3,(H2,21,22,23). The van der Waals surface area contributed by atoms with Gasteiger partial charge in [-0.25, -0.2) is 9.98 Å². The van der Waals surface area contributed by atoms with Crippen LogP contribution in [0.25, 0.3) is 0 Å². The predicted molar refractivity (Wildman–Crippen MR) is 108 cm³/mol. The van der Waals surface area contributed by atoms with E-state index in [4.69, 9.17) is 4.99 Å². The number of phenolic OH excluding ortho intramolecular Hbond substituents is 1. The van der Waals surface area contributed by atoms with E-state index in [-0.39, 0.29) is 0 Å². The summed E-state index contributed by atoms with van der Waals surface area (Å²) >= 11 is 1.71. The van der Waals surface area contributed by atoms with Crippen LogP contribution in [-0.4, -0.2) is 22.6 Å². The normalized spacial score (nSPS) is 14.2. The van der Waals surface area contributed by atoms with Crippen molar-refractivity contribution in [2.45, 2.75) is 59.5 Å². The zero-order valence-corrected chi connectivity index (χ0v) is 16.7. The molecular weight excluding hydrogens is 344 g/mol. The average Bonchev–Trinajstić information content (AvgIpc) is 2.96. The van der Waals surface area contributed by atoms with Gasteiger partial charge in [-0.3, -0.25) is 0 Å².